The van der Waals surface area contributed by atoms with Crippen LogP contribution in [0.2, 0.25) is 0 Å². The predicted octanol–water partition coefficient (Wildman–Crippen LogP) is 4.35. The molecule has 0 bridgehead atoms. The Balaban J connectivity index is 1.47. The van der Waals surface area contributed by atoms with Crippen molar-refractivity contribution < 1.29 is 9.13 Å². The van der Waals surface area contributed by atoms with Crippen LogP contribution in [0, 0.1) is 11.7 Å². The van der Waals surface area contributed by atoms with Gasteiger partial charge in [-0.05, 0) is 63.2 Å². The van der Waals surface area contributed by atoms with E-state index in [-0.39, 0.29) is 5.82 Å². The maximum Gasteiger partial charge on any atom is 0.142 e. The summed E-state index contributed by atoms with van der Waals surface area (Å²) >= 11 is 0. The number of aromatic nitrogens is 2. The molecule has 4 nitrogen and oxygen atoms in total. The average Bonchev–Trinajstić information content (AvgIpc) is 3.14. The molecular formula is C21H28FN3O. The normalized spacial score (nSPS) is 23.6. The first-order valence-corrected chi connectivity index (χ1v) is 9.85. The maximum atomic E-state index is 14.5. The molecule has 0 saturated carbocycles. The molecule has 2 fully saturated rings. The molecule has 0 unspecified atom stereocenters. The van der Waals surface area contributed by atoms with Crippen LogP contribution in [-0.2, 0) is 6.54 Å². The first-order valence-electron chi connectivity index (χ1n) is 9.85. The number of hydrogen-bond donors (Lipinski definition) is 0. The van der Waals surface area contributed by atoms with Gasteiger partial charge in [-0.3, -0.25) is 0 Å². The fourth-order valence-electron chi connectivity index (χ4n) is 4.76. The highest BCUT2D eigenvalue weighted by molar-refractivity contribution is 5.58. The van der Waals surface area contributed by atoms with E-state index in [0.717, 1.165) is 24.9 Å². The van der Waals surface area contributed by atoms with Crippen molar-refractivity contribution in [3.05, 3.63) is 36.4 Å². The second-order valence-electron chi connectivity index (χ2n) is 7.58. The van der Waals surface area contributed by atoms with Crippen LogP contribution in [0.4, 0.5) is 4.39 Å². The van der Waals surface area contributed by atoms with E-state index in [1.807, 2.05) is 6.20 Å². The van der Waals surface area contributed by atoms with E-state index >= 15 is 0 Å². The van der Waals surface area contributed by atoms with E-state index in [2.05, 4.69) is 14.5 Å². The van der Waals surface area contributed by atoms with E-state index in [9.17, 15) is 4.39 Å². The second kappa shape index (κ2) is 7.78. The highest BCUT2D eigenvalue weighted by Crippen LogP contribution is 2.33. The number of benzene rings is 1. The monoisotopic (exact) mass is 357 g/mol. The lowest BCUT2D eigenvalue weighted by atomic mass is 9.81. The van der Waals surface area contributed by atoms with Gasteiger partial charge >= 0.3 is 0 Å². The molecule has 140 valence electrons. The smallest absolute Gasteiger partial charge is 0.142 e. The predicted molar refractivity (Wildman–Crippen MR) is 101 cm³/mol. The summed E-state index contributed by atoms with van der Waals surface area (Å²) < 4.78 is 21.7. The molecule has 1 aromatic heterocycles. The van der Waals surface area contributed by atoms with Crippen molar-refractivity contribution >= 4 is 0 Å². The fraction of sp³-hybridized carbons (Fsp3) is 0.571. The van der Waals surface area contributed by atoms with Crippen molar-refractivity contribution in [1.82, 2.24) is 14.5 Å². The summed E-state index contributed by atoms with van der Waals surface area (Å²) in [6, 6.07) is 5.73. The van der Waals surface area contributed by atoms with Crippen molar-refractivity contribution in [2.45, 2.75) is 51.1 Å². The van der Waals surface area contributed by atoms with Crippen molar-refractivity contribution in [2.75, 3.05) is 20.2 Å². The van der Waals surface area contributed by atoms with E-state index in [1.165, 1.54) is 51.3 Å². The van der Waals surface area contributed by atoms with Crippen LogP contribution in [0.15, 0.2) is 30.6 Å². The van der Waals surface area contributed by atoms with Gasteiger partial charge in [-0.15, -0.1) is 0 Å². The minimum absolute atomic E-state index is 0.284. The summed E-state index contributed by atoms with van der Waals surface area (Å²) in [7, 11) is 1.55. The van der Waals surface area contributed by atoms with Crippen molar-refractivity contribution in [3.8, 4) is 17.1 Å². The molecule has 2 atom stereocenters. The molecule has 5 heteroatoms. The molecule has 0 amide bonds. The zero-order chi connectivity index (χ0) is 17.9. The van der Waals surface area contributed by atoms with E-state index < -0.39 is 0 Å². The number of aryl methyl sites for hydroxylation is 1. The summed E-state index contributed by atoms with van der Waals surface area (Å²) in [4.78, 5) is 7.12. The van der Waals surface area contributed by atoms with Crippen molar-refractivity contribution in [1.29, 1.82) is 0 Å². The average molecular weight is 357 g/mol. The van der Waals surface area contributed by atoms with E-state index in [1.54, 1.807) is 25.4 Å². The Kier molecular flexibility index (Phi) is 5.25. The Morgan fingerprint density at radius 2 is 2.08 bits per heavy atom. The molecule has 2 aliphatic rings. The highest BCUT2D eigenvalue weighted by atomic mass is 19.1. The SMILES string of the molecule is COc1ccc(-c2nccn2CC[C@@H]2CCCN3CCCC[C@H]23)c(F)c1. The number of halogens is 1. The molecule has 0 radical (unpaired) electrons. The van der Waals surface area contributed by atoms with Crippen LogP contribution in [0.1, 0.15) is 38.5 Å². The Hall–Kier alpha value is -1.88. The van der Waals surface area contributed by atoms with Crippen molar-refractivity contribution in [3.63, 3.8) is 0 Å². The minimum Gasteiger partial charge on any atom is -0.497 e. The lowest BCUT2D eigenvalue weighted by Gasteiger charge is -2.44. The maximum absolute atomic E-state index is 14.5. The van der Waals surface area contributed by atoms with Crippen LogP contribution in [-0.4, -0.2) is 40.7 Å². The van der Waals surface area contributed by atoms with Crippen LogP contribution in [0.5, 0.6) is 5.75 Å². The van der Waals surface area contributed by atoms with Gasteiger partial charge in [0.05, 0.1) is 12.7 Å². The third kappa shape index (κ3) is 3.50. The largest absolute Gasteiger partial charge is 0.497 e. The molecule has 2 saturated heterocycles. The second-order valence-corrected chi connectivity index (χ2v) is 7.58. The van der Waals surface area contributed by atoms with Gasteiger partial charge in [-0.2, -0.15) is 0 Å². The van der Waals surface area contributed by atoms with Crippen LogP contribution in [0.25, 0.3) is 11.4 Å². The number of fused-ring (bicyclic) bond motifs is 1. The summed E-state index contributed by atoms with van der Waals surface area (Å²) in [6.07, 6.45) is 11.6. The number of hydrogen-bond acceptors (Lipinski definition) is 3. The number of rotatable bonds is 5. The van der Waals surface area contributed by atoms with Gasteiger partial charge < -0.3 is 14.2 Å². The van der Waals surface area contributed by atoms with Gasteiger partial charge in [-0.25, -0.2) is 9.37 Å². The fourth-order valence-corrected chi connectivity index (χ4v) is 4.76. The molecule has 26 heavy (non-hydrogen) atoms. The van der Waals surface area contributed by atoms with Gasteiger partial charge in [0.1, 0.15) is 17.4 Å². The van der Waals surface area contributed by atoms with E-state index in [4.69, 9.17) is 4.74 Å². The zero-order valence-electron chi connectivity index (χ0n) is 15.5. The summed E-state index contributed by atoms with van der Waals surface area (Å²) in [5.74, 6) is 1.71. The molecule has 4 rings (SSSR count). The number of nitrogens with zero attached hydrogens (tertiary/aromatic N) is 3. The van der Waals surface area contributed by atoms with Gasteiger partial charge in [0, 0.05) is 31.0 Å². The summed E-state index contributed by atoms with van der Waals surface area (Å²) in [5.41, 5.74) is 0.540. The molecule has 2 aliphatic heterocycles. The standard InChI is InChI=1S/C21H28FN3O/c1-26-17-7-8-18(19(22)15-17)21-23-10-14-25(21)13-9-16-5-4-12-24-11-3-2-6-20(16)24/h7-8,10,14-16,20H,2-6,9,11-13H2,1H3/t16-,20+/m0/s1. The third-order valence-electron chi connectivity index (χ3n) is 6.10. The van der Waals surface area contributed by atoms with Gasteiger partial charge in [0.25, 0.3) is 0 Å². The molecule has 0 N–H and O–H groups in total. The van der Waals surface area contributed by atoms with Gasteiger partial charge in [0.2, 0.25) is 0 Å². The number of piperidine rings is 2. The quantitative estimate of drug-likeness (QED) is 0.797. The number of methoxy groups -OCH3 is 1. The van der Waals surface area contributed by atoms with Gasteiger partial charge in [-0.1, -0.05) is 6.42 Å². The molecular weight excluding hydrogens is 329 g/mol. The van der Waals surface area contributed by atoms with E-state index in [0.29, 0.717) is 17.1 Å². The summed E-state index contributed by atoms with van der Waals surface area (Å²) in [5, 5.41) is 0. The molecule has 3 heterocycles. The number of imidazole rings is 1. The Labute approximate surface area is 155 Å². The Bertz CT molecular complexity index is 743. The summed E-state index contributed by atoms with van der Waals surface area (Å²) in [6.45, 7) is 3.44. The van der Waals surface area contributed by atoms with Crippen LogP contribution in [0.3, 0.4) is 0 Å². The molecule has 1 aromatic carbocycles. The van der Waals surface area contributed by atoms with Crippen LogP contribution >= 0.6 is 0 Å². The lowest BCUT2D eigenvalue weighted by Crippen LogP contribution is -2.48. The zero-order valence-corrected chi connectivity index (χ0v) is 15.5. The molecule has 0 spiro atoms. The topological polar surface area (TPSA) is 30.3 Å². The van der Waals surface area contributed by atoms with Gasteiger partial charge in [0.15, 0.2) is 0 Å². The minimum atomic E-state index is -0.284. The molecule has 0 aliphatic carbocycles. The lowest BCUT2D eigenvalue weighted by molar-refractivity contribution is 0.0539. The van der Waals surface area contributed by atoms with Crippen LogP contribution < -0.4 is 4.74 Å². The first kappa shape index (κ1) is 17.5. The highest BCUT2D eigenvalue weighted by Gasteiger charge is 2.32. The Morgan fingerprint density at radius 3 is 2.92 bits per heavy atom. The molecule has 2 aromatic rings. The first-order chi connectivity index (χ1) is 12.8. The Morgan fingerprint density at radius 1 is 1.19 bits per heavy atom. The third-order valence-corrected chi connectivity index (χ3v) is 6.10. The van der Waals surface area contributed by atoms with Crippen molar-refractivity contribution in [2.24, 2.45) is 5.92 Å². The number of ether oxygens (including phenoxy) is 1.